The maximum absolute atomic E-state index is 11.8. The van der Waals surface area contributed by atoms with Gasteiger partial charge in [-0.05, 0) is 24.3 Å². The first-order valence-electron chi connectivity index (χ1n) is 6.94. The molecule has 110 valence electrons. The first-order chi connectivity index (χ1) is 10.2. The predicted octanol–water partition coefficient (Wildman–Crippen LogP) is 1.84. The Balaban J connectivity index is 1.85. The van der Waals surface area contributed by atoms with Gasteiger partial charge < -0.3 is 14.3 Å². The highest BCUT2D eigenvalue weighted by Crippen LogP contribution is 2.22. The maximum Gasteiger partial charge on any atom is 0.185 e. The van der Waals surface area contributed by atoms with Gasteiger partial charge in [0.05, 0.1) is 19.8 Å². The Labute approximate surface area is 122 Å². The molecule has 1 aliphatic heterocycles. The minimum Gasteiger partial charge on any atom is -0.508 e. The van der Waals surface area contributed by atoms with Crippen molar-refractivity contribution in [3.05, 3.63) is 52.4 Å². The van der Waals surface area contributed by atoms with E-state index in [0.29, 0.717) is 31.3 Å². The van der Waals surface area contributed by atoms with Gasteiger partial charge in [-0.25, -0.2) is 0 Å². The summed E-state index contributed by atoms with van der Waals surface area (Å²) in [6, 6.07) is 9.60. The van der Waals surface area contributed by atoms with Crippen LogP contribution in [0.3, 0.4) is 0 Å². The molecule has 21 heavy (non-hydrogen) atoms. The SMILES string of the molecule is O=c1cc(CN2CCOCC2)oc(-c2ccc(O)cc2)c1. The second kappa shape index (κ2) is 6.11. The molecule has 5 heteroatoms. The van der Waals surface area contributed by atoms with Crippen LogP contribution in [0.25, 0.3) is 11.3 Å². The van der Waals surface area contributed by atoms with Crippen molar-refractivity contribution in [2.45, 2.75) is 6.54 Å². The van der Waals surface area contributed by atoms with E-state index in [4.69, 9.17) is 9.15 Å². The van der Waals surface area contributed by atoms with Gasteiger partial charge >= 0.3 is 0 Å². The third-order valence-electron chi connectivity index (χ3n) is 3.45. The topological polar surface area (TPSA) is 62.9 Å². The van der Waals surface area contributed by atoms with Crippen molar-refractivity contribution in [2.24, 2.45) is 0 Å². The Morgan fingerprint density at radius 3 is 2.52 bits per heavy atom. The Hall–Kier alpha value is -2.11. The van der Waals surface area contributed by atoms with Crippen LogP contribution in [0.5, 0.6) is 5.75 Å². The molecule has 0 atom stereocenters. The van der Waals surface area contributed by atoms with Crippen LogP contribution in [0.4, 0.5) is 0 Å². The van der Waals surface area contributed by atoms with E-state index in [1.54, 1.807) is 24.3 Å². The lowest BCUT2D eigenvalue weighted by atomic mass is 10.1. The number of hydrogen-bond donors (Lipinski definition) is 1. The highest BCUT2D eigenvalue weighted by Gasteiger charge is 2.13. The minimum atomic E-state index is -0.0763. The van der Waals surface area contributed by atoms with Crippen molar-refractivity contribution in [1.82, 2.24) is 4.90 Å². The van der Waals surface area contributed by atoms with Crippen LogP contribution in [0, 0.1) is 0 Å². The van der Waals surface area contributed by atoms with Gasteiger partial charge in [-0.1, -0.05) is 0 Å². The van der Waals surface area contributed by atoms with Gasteiger partial charge in [-0.3, -0.25) is 9.69 Å². The van der Waals surface area contributed by atoms with Crippen LogP contribution in [-0.2, 0) is 11.3 Å². The van der Waals surface area contributed by atoms with Crippen molar-refractivity contribution < 1.29 is 14.3 Å². The lowest BCUT2D eigenvalue weighted by molar-refractivity contribution is 0.0312. The summed E-state index contributed by atoms with van der Waals surface area (Å²) in [5, 5.41) is 9.32. The smallest absolute Gasteiger partial charge is 0.185 e. The van der Waals surface area contributed by atoms with Crippen molar-refractivity contribution in [3.63, 3.8) is 0 Å². The summed E-state index contributed by atoms with van der Waals surface area (Å²) in [4.78, 5) is 14.0. The minimum absolute atomic E-state index is 0.0763. The average Bonchev–Trinajstić information content (AvgIpc) is 2.48. The van der Waals surface area contributed by atoms with Crippen molar-refractivity contribution in [3.8, 4) is 17.1 Å². The monoisotopic (exact) mass is 287 g/mol. The van der Waals surface area contributed by atoms with Crippen molar-refractivity contribution >= 4 is 0 Å². The van der Waals surface area contributed by atoms with Gasteiger partial charge in [0.15, 0.2) is 5.43 Å². The average molecular weight is 287 g/mol. The first-order valence-corrected chi connectivity index (χ1v) is 6.94. The van der Waals surface area contributed by atoms with Gasteiger partial charge in [-0.15, -0.1) is 0 Å². The Morgan fingerprint density at radius 2 is 1.81 bits per heavy atom. The third kappa shape index (κ3) is 3.51. The number of aromatic hydroxyl groups is 1. The molecule has 1 saturated heterocycles. The molecule has 0 amide bonds. The number of ether oxygens (including phenoxy) is 1. The highest BCUT2D eigenvalue weighted by molar-refractivity contribution is 5.57. The molecule has 1 N–H and O–H groups in total. The standard InChI is InChI=1S/C16H17NO4/c18-13-3-1-12(2-4-13)16-10-14(19)9-15(21-16)11-17-5-7-20-8-6-17/h1-4,9-10,18H,5-8,11H2. The normalized spacial score (nSPS) is 16.0. The third-order valence-corrected chi connectivity index (χ3v) is 3.45. The highest BCUT2D eigenvalue weighted by atomic mass is 16.5. The summed E-state index contributed by atoms with van der Waals surface area (Å²) in [5.74, 6) is 1.35. The lowest BCUT2D eigenvalue weighted by Crippen LogP contribution is -2.35. The molecular formula is C16H17NO4. The van der Waals surface area contributed by atoms with E-state index in [1.807, 2.05) is 0 Å². The summed E-state index contributed by atoms with van der Waals surface area (Å²) in [5.41, 5.74) is 0.696. The van der Waals surface area contributed by atoms with E-state index in [-0.39, 0.29) is 11.2 Å². The van der Waals surface area contributed by atoms with Gasteiger partial charge in [0.1, 0.15) is 17.3 Å². The molecule has 0 bridgehead atoms. The molecule has 1 aromatic carbocycles. The number of phenols is 1. The summed E-state index contributed by atoms with van der Waals surface area (Å²) < 4.78 is 11.1. The lowest BCUT2D eigenvalue weighted by Gasteiger charge is -2.25. The van der Waals surface area contributed by atoms with E-state index in [0.717, 1.165) is 18.7 Å². The van der Waals surface area contributed by atoms with Crippen LogP contribution in [0.1, 0.15) is 5.76 Å². The zero-order valence-electron chi connectivity index (χ0n) is 11.6. The number of hydrogen-bond acceptors (Lipinski definition) is 5. The van der Waals surface area contributed by atoms with Crippen molar-refractivity contribution in [2.75, 3.05) is 26.3 Å². The summed E-state index contributed by atoms with van der Waals surface area (Å²) in [6.07, 6.45) is 0. The Bertz CT molecular complexity index is 657. The molecule has 0 unspecified atom stereocenters. The quantitative estimate of drug-likeness (QED) is 0.933. The van der Waals surface area contributed by atoms with Crippen LogP contribution in [0.2, 0.25) is 0 Å². The molecule has 2 aromatic rings. The summed E-state index contributed by atoms with van der Waals surface area (Å²) >= 11 is 0. The van der Waals surface area contributed by atoms with E-state index in [1.165, 1.54) is 12.1 Å². The molecule has 0 aliphatic carbocycles. The number of rotatable bonds is 3. The van der Waals surface area contributed by atoms with Gasteiger partial charge in [-0.2, -0.15) is 0 Å². The van der Waals surface area contributed by atoms with E-state index < -0.39 is 0 Å². The molecule has 5 nitrogen and oxygen atoms in total. The van der Waals surface area contributed by atoms with E-state index >= 15 is 0 Å². The maximum atomic E-state index is 11.8. The van der Waals surface area contributed by atoms with Crippen LogP contribution in [-0.4, -0.2) is 36.3 Å². The first kappa shape index (κ1) is 13.9. The molecular weight excluding hydrogens is 270 g/mol. The zero-order valence-corrected chi connectivity index (χ0v) is 11.6. The Kier molecular flexibility index (Phi) is 4.03. The van der Waals surface area contributed by atoms with E-state index in [9.17, 15) is 9.90 Å². The number of nitrogens with zero attached hydrogens (tertiary/aromatic N) is 1. The predicted molar refractivity (Wildman–Crippen MR) is 78.2 cm³/mol. The molecule has 1 aliphatic rings. The van der Waals surface area contributed by atoms with Crippen molar-refractivity contribution in [1.29, 1.82) is 0 Å². The summed E-state index contributed by atoms with van der Waals surface area (Å²) in [6.45, 7) is 3.70. The zero-order chi connectivity index (χ0) is 14.7. The molecule has 0 saturated carbocycles. The fourth-order valence-electron chi connectivity index (χ4n) is 2.36. The fraction of sp³-hybridized carbons (Fsp3) is 0.312. The molecule has 1 aromatic heterocycles. The molecule has 1 fully saturated rings. The second-order valence-electron chi connectivity index (χ2n) is 5.06. The van der Waals surface area contributed by atoms with Gasteiger partial charge in [0, 0.05) is 30.8 Å². The van der Waals surface area contributed by atoms with E-state index in [2.05, 4.69) is 4.90 Å². The fourth-order valence-corrected chi connectivity index (χ4v) is 2.36. The van der Waals surface area contributed by atoms with Gasteiger partial charge in [0.25, 0.3) is 0 Å². The van der Waals surface area contributed by atoms with Crippen LogP contribution < -0.4 is 5.43 Å². The largest absolute Gasteiger partial charge is 0.508 e. The molecule has 0 radical (unpaired) electrons. The Morgan fingerprint density at radius 1 is 1.10 bits per heavy atom. The molecule has 2 heterocycles. The summed E-state index contributed by atoms with van der Waals surface area (Å²) in [7, 11) is 0. The number of benzene rings is 1. The van der Waals surface area contributed by atoms with Crippen LogP contribution in [0.15, 0.2) is 45.6 Å². The molecule has 0 spiro atoms. The second-order valence-corrected chi connectivity index (χ2v) is 5.06. The number of phenolic OH excluding ortho intramolecular Hbond substituents is 1. The number of morpholine rings is 1. The molecule has 3 rings (SSSR count). The van der Waals surface area contributed by atoms with Gasteiger partial charge in [0.2, 0.25) is 0 Å². The van der Waals surface area contributed by atoms with Crippen LogP contribution >= 0.6 is 0 Å².